The van der Waals surface area contributed by atoms with Gasteiger partial charge in [-0.3, -0.25) is 0 Å². The van der Waals surface area contributed by atoms with Crippen molar-refractivity contribution in [3.63, 3.8) is 0 Å². The van der Waals surface area contributed by atoms with Gasteiger partial charge in [-0.05, 0) is 39.5 Å². The largest absolute Gasteiger partial charge is 0.396 e. The minimum absolute atomic E-state index is 0.00542. The fraction of sp³-hybridized carbons (Fsp3) is 0.789. The second-order valence-electron chi connectivity index (χ2n) is 8.64. The number of nitrogens with one attached hydrogen (secondary N) is 1. The number of nitrogens with zero attached hydrogens (tertiary/aromatic N) is 5. The van der Waals surface area contributed by atoms with Gasteiger partial charge in [-0.15, -0.1) is 5.10 Å². The van der Waals surface area contributed by atoms with Crippen molar-refractivity contribution in [1.82, 2.24) is 25.0 Å². The molecule has 2 saturated carbocycles. The van der Waals surface area contributed by atoms with Gasteiger partial charge >= 0.3 is 0 Å². The van der Waals surface area contributed by atoms with Crippen LogP contribution in [0.3, 0.4) is 0 Å². The van der Waals surface area contributed by atoms with E-state index in [1.54, 1.807) is 11.8 Å². The van der Waals surface area contributed by atoms with Gasteiger partial charge in [0, 0.05) is 24.3 Å². The first-order valence-electron chi connectivity index (χ1n) is 10.5. The topological polar surface area (TPSA) is 107 Å². The van der Waals surface area contributed by atoms with E-state index in [0.29, 0.717) is 18.0 Å². The predicted octanol–water partition coefficient (Wildman–Crippen LogP) is 2.37. The van der Waals surface area contributed by atoms with Crippen LogP contribution in [0.25, 0.3) is 11.2 Å². The van der Waals surface area contributed by atoms with Crippen LogP contribution in [0.1, 0.15) is 52.5 Å². The van der Waals surface area contributed by atoms with E-state index in [4.69, 9.17) is 19.4 Å². The molecule has 4 atom stereocenters. The van der Waals surface area contributed by atoms with Crippen LogP contribution in [0.4, 0.5) is 5.82 Å². The van der Waals surface area contributed by atoms with Crippen LogP contribution in [0.2, 0.25) is 0 Å². The Hall–Kier alpha value is -1.49. The van der Waals surface area contributed by atoms with Gasteiger partial charge in [-0.1, -0.05) is 23.9 Å². The smallest absolute Gasteiger partial charge is 0.191 e. The fourth-order valence-electron chi connectivity index (χ4n) is 4.29. The van der Waals surface area contributed by atoms with Crippen molar-refractivity contribution in [2.24, 2.45) is 5.92 Å². The molecule has 158 valence electrons. The molecule has 0 bridgehead atoms. The third kappa shape index (κ3) is 3.60. The maximum Gasteiger partial charge on any atom is 0.191 e. The highest BCUT2D eigenvalue weighted by atomic mass is 32.2. The summed E-state index contributed by atoms with van der Waals surface area (Å²) in [5.41, 5.74) is 1.41. The van der Waals surface area contributed by atoms with Crippen molar-refractivity contribution < 1.29 is 14.6 Å². The number of aromatic nitrogens is 5. The van der Waals surface area contributed by atoms with Gasteiger partial charge in [0.15, 0.2) is 27.9 Å². The molecule has 3 aliphatic rings. The number of anilines is 1. The molecule has 5 rings (SSSR count). The molecule has 2 aromatic heterocycles. The van der Waals surface area contributed by atoms with Crippen LogP contribution in [-0.2, 0) is 9.47 Å². The molecule has 1 saturated heterocycles. The van der Waals surface area contributed by atoms with E-state index in [-0.39, 0.29) is 30.8 Å². The maximum atomic E-state index is 9.88. The summed E-state index contributed by atoms with van der Waals surface area (Å²) in [4.78, 5) is 9.51. The first-order valence-corrected chi connectivity index (χ1v) is 11.5. The summed E-state index contributed by atoms with van der Waals surface area (Å²) in [6.07, 6.45) is 3.74. The van der Waals surface area contributed by atoms with E-state index in [1.165, 1.54) is 0 Å². The van der Waals surface area contributed by atoms with E-state index < -0.39 is 5.79 Å². The average Bonchev–Trinajstić information content (AvgIpc) is 3.17. The Balaban J connectivity index is 1.54. The third-order valence-electron chi connectivity index (χ3n) is 5.76. The Morgan fingerprint density at radius 1 is 1.24 bits per heavy atom. The molecule has 0 amide bonds. The van der Waals surface area contributed by atoms with Crippen molar-refractivity contribution in [3.8, 4) is 0 Å². The van der Waals surface area contributed by atoms with Gasteiger partial charge in [0.25, 0.3) is 0 Å². The molecule has 3 fully saturated rings. The number of hydrogen-bond donors (Lipinski definition) is 2. The summed E-state index contributed by atoms with van der Waals surface area (Å²) in [6, 6.07) is 0.376. The van der Waals surface area contributed by atoms with Crippen molar-refractivity contribution in [2.45, 2.75) is 81.7 Å². The summed E-state index contributed by atoms with van der Waals surface area (Å²) in [5, 5.41) is 23.0. The van der Waals surface area contributed by atoms with E-state index >= 15 is 0 Å². The quantitative estimate of drug-likeness (QED) is 0.515. The highest BCUT2D eigenvalue weighted by molar-refractivity contribution is 7.99. The molecule has 1 aliphatic heterocycles. The third-order valence-corrected chi connectivity index (χ3v) is 6.81. The maximum absolute atomic E-state index is 9.88. The standard InChI is InChI=1S/C19H28N6O3S/c1-4-7-29-18-21-16(20-11-5-6-11)13-17(22-18)25(24-23-13)12-8-10(9-26)14-15(12)28-19(2,3)27-14/h10-12,14-15,26H,4-9H2,1-3H3,(H,20,21,22). The summed E-state index contributed by atoms with van der Waals surface area (Å²) < 4.78 is 14.2. The number of thioether (sulfide) groups is 1. The van der Waals surface area contributed by atoms with Crippen LogP contribution in [0, 0.1) is 5.92 Å². The number of ether oxygens (including phenoxy) is 2. The fourth-order valence-corrected chi connectivity index (χ4v) is 4.98. The Bertz CT molecular complexity index is 901. The SMILES string of the molecule is CCCSc1nc(NC2CC2)c2nnn(C3CC(CO)C4OC(C)(C)OC43)c2n1. The number of fused-ring (bicyclic) bond motifs is 2. The molecule has 3 heterocycles. The van der Waals surface area contributed by atoms with Crippen molar-refractivity contribution in [3.05, 3.63) is 0 Å². The van der Waals surface area contributed by atoms with E-state index in [9.17, 15) is 5.11 Å². The Labute approximate surface area is 173 Å². The summed E-state index contributed by atoms with van der Waals surface area (Å²) in [6.45, 7) is 6.03. The number of aliphatic hydroxyl groups excluding tert-OH is 1. The van der Waals surface area contributed by atoms with Crippen molar-refractivity contribution in [1.29, 1.82) is 0 Å². The Morgan fingerprint density at radius 2 is 2.03 bits per heavy atom. The lowest BCUT2D eigenvalue weighted by molar-refractivity contribution is -0.162. The molecule has 2 aliphatic carbocycles. The van der Waals surface area contributed by atoms with Gasteiger partial charge in [0.1, 0.15) is 6.10 Å². The normalized spacial score (nSPS) is 30.8. The highest BCUT2D eigenvalue weighted by Gasteiger charge is 2.55. The first-order chi connectivity index (χ1) is 14.0. The second-order valence-corrected chi connectivity index (χ2v) is 9.70. The molecule has 10 heteroatoms. The molecule has 0 aromatic carbocycles. The second kappa shape index (κ2) is 7.33. The zero-order chi connectivity index (χ0) is 20.2. The first kappa shape index (κ1) is 19.5. The zero-order valence-electron chi connectivity index (χ0n) is 17.0. The Morgan fingerprint density at radius 3 is 2.76 bits per heavy atom. The predicted molar refractivity (Wildman–Crippen MR) is 109 cm³/mol. The average molecular weight is 421 g/mol. The van der Waals surface area contributed by atoms with Crippen LogP contribution in [-0.4, -0.2) is 66.5 Å². The minimum atomic E-state index is -0.673. The molecule has 2 N–H and O–H groups in total. The van der Waals surface area contributed by atoms with Crippen molar-refractivity contribution >= 4 is 28.7 Å². The zero-order valence-corrected chi connectivity index (χ0v) is 17.9. The van der Waals surface area contributed by atoms with E-state index in [1.807, 2.05) is 18.5 Å². The molecular weight excluding hydrogens is 392 g/mol. The summed E-state index contributed by atoms with van der Waals surface area (Å²) >= 11 is 1.65. The molecule has 9 nitrogen and oxygen atoms in total. The summed E-state index contributed by atoms with van der Waals surface area (Å²) in [7, 11) is 0. The van der Waals surface area contributed by atoms with Crippen LogP contribution in [0.5, 0.6) is 0 Å². The van der Waals surface area contributed by atoms with Crippen LogP contribution < -0.4 is 5.32 Å². The van der Waals surface area contributed by atoms with Gasteiger partial charge < -0.3 is 19.9 Å². The lowest BCUT2D eigenvalue weighted by Crippen LogP contribution is -2.28. The molecule has 0 radical (unpaired) electrons. The Kier molecular flexibility index (Phi) is 4.92. The van der Waals surface area contributed by atoms with Crippen molar-refractivity contribution in [2.75, 3.05) is 17.7 Å². The molecule has 0 spiro atoms. The lowest BCUT2D eigenvalue weighted by atomic mass is 10.1. The van der Waals surface area contributed by atoms with E-state index in [0.717, 1.165) is 41.6 Å². The van der Waals surface area contributed by atoms with Crippen LogP contribution in [0.15, 0.2) is 5.16 Å². The van der Waals surface area contributed by atoms with E-state index in [2.05, 4.69) is 22.6 Å². The molecular formula is C19H28N6O3S. The van der Waals surface area contributed by atoms with Gasteiger partial charge in [0.2, 0.25) is 0 Å². The lowest BCUT2D eigenvalue weighted by Gasteiger charge is -2.23. The summed E-state index contributed by atoms with van der Waals surface area (Å²) in [5.74, 6) is 1.06. The minimum Gasteiger partial charge on any atom is -0.396 e. The number of hydrogen-bond acceptors (Lipinski definition) is 9. The number of aliphatic hydroxyl groups is 1. The number of rotatable bonds is 7. The van der Waals surface area contributed by atoms with Gasteiger partial charge in [0.05, 0.1) is 12.1 Å². The highest BCUT2D eigenvalue weighted by Crippen LogP contribution is 2.47. The molecule has 2 aromatic rings. The van der Waals surface area contributed by atoms with Crippen LogP contribution >= 0.6 is 11.8 Å². The molecule has 29 heavy (non-hydrogen) atoms. The van der Waals surface area contributed by atoms with Gasteiger partial charge in [-0.25, -0.2) is 14.6 Å². The molecule has 4 unspecified atom stereocenters. The monoisotopic (exact) mass is 420 g/mol. The van der Waals surface area contributed by atoms with Gasteiger partial charge in [-0.2, -0.15) is 0 Å².